The van der Waals surface area contributed by atoms with E-state index in [-0.39, 0.29) is 9.41 Å². The first-order chi connectivity index (χ1) is 14.0. The van der Waals surface area contributed by atoms with Crippen LogP contribution in [0.25, 0.3) is 0 Å². The Kier molecular flexibility index (Phi) is 8.00. The lowest BCUT2D eigenvalue weighted by Gasteiger charge is -2.27. The molecule has 15 nitrogen and oxygen atoms in total. The number of nitrogens with zero attached hydrogens (tertiary/aromatic N) is 1. The summed E-state index contributed by atoms with van der Waals surface area (Å²) in [7, 11) is -16.9. The molecule has 1 fully saturated rings. The molecule has 2 rings (SSSR count). The van der Waals surface area contributed by atoms with Crippen LogP contribution in [-0.4, -0.2) is 63.8 Å². The number of H-pyrrole nitrogens is 1. The van der Waals surface area contributed by atoms with Crippen LogP contribution in [0.3, 0.4) is 0 Å². The Morgan fingerprint density at radius 2 is 1.81 bits per heavy atom. The van der Waals surface area contributed by atoms with E-state index in [9.17, 15) is 28.8 Å². The van der Waals surface area contributed by atoms with E-state index < -0.39 is 54.1 Å². The molecule has 0 spiro atoms. The third kappa shape index (κ3) is 6.68. The molecule has 0 amide bonds. The van der Waals surface area contributed by atoms with Crippen LogP contribution in [0.15, 0.2) is 12.3 Å². The van der Waals surface area contributed by atoms with Crippen LogP contribution in [0.2, 0.25) is 0 Å². The summed E-state index contributed by atoms with van der Waals surface area (Å²) >= 11 is 9.95. The normalized spacial score (nSPS) is 30.3. The van der Waals surface area contributed by atoms with Gasteiger partial charge in [-0.25, -0.2) is 13.7 Å². The zero-order valence-electron chi connectivity index (χ0n) is 14.8. The number of phosphoric acid groups is 3. The number of hydrogen-bond donors (Lipinski definition) is 7. The van der Waals surface area contributed by atoms with Crippen molar-refractivity contribution < 1.29 is 61.4 Å². The fourth-order valence-electron chi connectivity index (χ4n) is 2.40. The molecule has 1 aliphatic rings. The zero-order valence-corrected chi connectivity index (χ0v) is 19.1. The molecule has 174 valence electrons. The molecule has 1 aliphatic heterocycles. The molecule has 1 aromatic heterocycles. The number of rotatable bonds is 8. The minimum atomic E-state index is -5.76. The Hall–Kier alpha value is -0.630. The van der Waals surface area contributed by atoms with E-state index in [0.717, 1.165) is 4.57 Å². The van der Waals surface area contributed by atoms with Crippen molar-refractivity contribution in [2.45, 2.75) is 24.0 Å². The quantitative estimate of drug-likeness (QED) is 0.133. The van der Waals surface area contributed by atoms with E-state index in [1.807, 2.05) is 5.92 Å². The molecule has 31 heavy (non-hydrogen) atoms. The fourth-order valence-corrected chi connectivity index (χ4v) is 5.94. The molecule has 0 radical (unpaired) electrons. The van der Waals surface area contributed by atoms with Crippen LogP contribution >= 0.6 is 47.9 Å². The first kappa shape index (κ1) is 26.6. The summed E-state index contributed by atoms with van der Waals surface area (Å²) in [6, 6.07) is 1.38. The summed E-state index contributed by atoms with van der Waals surface area (Å²) in [6.45, 7) is -1.18. The van der Waals surface area contributed by atoms with Gasteiger partial charge in [0.25, 0.3) is 0 Å². The Morgan fingerprint density at radius 1 is 1.19 bits per heavy atom. The highest BCUT2D eigenvalue weighted by Gasteiger charge is 2.55. The van der Waals surface area contributed by atoms with Crippen molar-refractivity contribution in [3.8, 4) is 12.3 Å². The summed E-state index contributed by atoms with van der Waals surface area (Å²) in [5.74, 6) is 1.95. The zero-order chi connectivity index (χ0) is 23.8. The van der Waals surface area contributed by atoms with Crippen LogP contribution in [0.1, 0.15) is 6.23 Å². The van der Waals surface area contributed by atoms with Crippen LogP contribution in [0.4, 0.5) is 0 Å². The van der Waals surface area contributed by atoms with Crippen LogP contribution in [0, 0.1) is 21.8 Å². The minimum Gasteiger partial charge on any atom is -0.386 e. The maximum Gasteiger partial charge on any atom is 0.490 e. The van der Waals surface area contributed by atoms with Gasteiger partial charge in [-0.15, -0.1) is 6.42 Å². The summed E-state index contributed by atoms with van der Waals surface area (Å²) in [5.41, 5.74) is -2.28. The Morgan fingerprint density at radius 3 is 2.32 bits per heavy atom. The van der Waals surface area contributed by atoms with Gasteiger partial charge in [-0.05, 0) is 18.3 Å². The predicted molar refractivity (Wildman–Crippen MR) is 104 cm³/mol. The molecule has 0 aliphatic carbocycles. The number of aliphatic hydroxyl groups excluding tert-OH is 2. The number of terminal acetylenes is 1. The van der Waals surface area contributed by atoms with Gasteiger partial charge < -0.3 is 39.5 Å². The SMILES string of the molecule is C#C[C@]1(COP(=O)(O)OP(=O)(O)OP(=O)(O)O)O[C@@H](n2ccc(=S)[nH]c2=S)[C@@H](O)C1O. The van der Waals surface area contributed by atoms with Crippen molar-refractivity contribution in [3.63, 3.8) is 0 Å². The molecule has 6 atom stereocenters. The molecule has 7 N–H and O–H groups in total. The third-order valence-corrected chi connectivity index (χ3v) is 7.99. The summed E-state index contributed by atoms with van der Waals surface area (Å²) in [4.78, 5) is 38.3. The van der Waals surface area contributed by atoms with Crippen molar-refractivity contribution in [2.24, 2.45) is 0 Å². The minimum absolute atomic E-state index is 0.0237. The topological polar surface area (TPSA) is 230 Å². The number of aromatic amines is 1. The maximum absolute atomic E-state index is 11.9. The molecular weight excluding hydrogens is 525 g/mol. The van der Waals surface area contributed by atoms with E-state index in [0.29, 0.717) is 0 Å². The van der Waals surface area contributed by atoms with Gasteiger partial charge in [-0.3, -0.25) is 9.09 Å². The predicted octanol–water partition coefficient (Wildman–Crippen LogP) is 0.241. The summed E-state index contributed by atoms with van der Waals surface area (Å²) < 4.78 is 52.3. The molecule has 0 aromatic carbocycles. The van der Waals surface area contributed by atoms with E-state index in [1.165, 1.54) is 12.3 Å². The van der Waals surface area contributed by atoms with E-state index in [4.69, 9.17) is 50.3 Å². The van der Waals surface area contributed by atoms with Gasteiger partial charge in [0, 0.05) is 6.20 Å². The van der Waals surface area contributed by atoms with Crippen molar-refractivity contribution in [2.75, 3.05) is 6.61 Å². The highest BCUT2D eigenvalue weighted by molar-refractivity contribution is 7.72. The molecule has 3 unspecified atom stereocenters. The average Bonchev–Trinajstić information content (AvgIpc) is 2.82. The van der Waals surface area contributed by atoms with Gasteiger partial charge in [-0.2, -0.15) is 8.62 Å². The van der Waals surface area contributed by atoms with Crippen LogP contribution < -0.4 is 0 Å². The molecular formula is C11H15N2O13P3S2. The molecule has 0 saturated carbocycles. The van der Waals surface area contributed by atoms with E-state index >= 15 is 0 Å². The highest BCUT2D eigenvalue weighted by Crippen LogP contribution is 2.66. The largest absolute Gasteiger partial charge is 0.490 e. The molecule has 2 heterocycles. The van der Waals surface area contributed by atoms with E-state index in [1.54, 1.807) is 0 Å². The van der Waals surface area contributed by atoms with Gasteiger partial charge in [0.1, 0.15) is 23.5 Å². The Balaban J connectivity index is 2.22. The van der Waals surface area contributed by atoms with Crippen LogP contribution in [0.5, 0.6) is 0 Å². The number of nitrogens with one attached hydrogen (secondary N) is 1. The maximum atomic E-state index is 11.9. The van der Waals surface area contributed by atoms with Gasteiger partial charge in [0.15, 0.2) is 16.6 Å². The lowest BCUT2D eigenvalue weighted by molar-refractivity contribution is -0.0914. The van der Waals surface area contributed by atoms with Crippen molar-refractivity contribution in [1.82, 2.24) is 9.55 Å². The monoisotopic (exact) mass is 540 g/mol. The summed E-state index contributed by atoms with van der Waals surface area (Å²) in [5, 5.41) is 20.7. The van der Waals surface area contributed by atoms with Crippen LogP contribution in [-0.2, 0) is 31.6 Å². The van der Waals surface area contributed by atoms with E-state index in [2.05, 4.69) is 18.1 Å². The fraction of sp³-hybridized carbons (Fsp3) is 0.455. The third-order valence-electron chi connectivity index (χ3n) is 3.65. The molecule has 0 bridgehead atoms. The molecule has 1 saturated heterocycles. The number of phosphoric ester groups is 1. The van der Waals surface area contributed by atoms with Crippen molar-refractivity contribution >= 4 is 47.9 Å². The number of aliphatic hydroxyl groups is 2. The first-order valence-corrected chi connectivity index (χ1v) is 13.0. The van der Waals surface area contributed by atoms with Gasteiger partial charge in [0.05, 0.1) is 0 Å². The Bertz CT molecular complexity index is 1140. The van der Waals surface area contributed by atoms with Crippen molar-refractivity contribution in [3.05, 3.63) is 21.7 Å². The van der Waals surface area contributed by atoms with Gasteiger partial charge in [-0.1, -0.05) is 18.1 Å². The van der Waals surface area contributed by atoms with Crippen molar-refractivity contribution in [1.29, 1.82) is 0 Å². The Labute approximate surface area is 183 Å². The average molecular weight is 540 g/mol. The smallest absolute Gasteiger partial charge is 0.386 e. The summed E-state index contributed by atoms with van der Waals surface area (Å²) in [6.07, 6.45) is 1.60. The standard InChI is InChI=1S/C11H15N2O13P3S2/c1-2-11(5-23-28(19,20)26-29(21,22)25-27(16,17)18)8(15)7(14)9(24-11)13-4-3-6(30)12-10(13)31/h1,3-4,7-9,14-15H,5H2,(H,19,20)(H,21,22)(H,12,30,31)(H2,16,17,18)/t7-,8?,9+,11+/m0/s1. The highest BCUT2D eigenvalue weighted by atomic mass is 32.1. The second-order valence-corrected chi connectivity index (χ2v) is 11.1. The second kappa shape index (κ2) is 9.32. The first-order valence-electron chi connectivity index (χ1n) is 7.62. The van der Waals surface area contributed by atoms with Gasteiger partial charge in [0.2, 0.25) is 0 Å². The number of ether oxygens (including phenoxy) is 1. The van der Waals surface area contributed by atoms with Gasteiger partial charge >= 0.3 is 23.5 Å². The number of aromatic nitrogens is 2. The molecule has 1 aromatic rings. The lowest BCUT2D eigenvalue weighted by Crippen LogP contribution is -2.45. The number of hydrogen-bond acceptors (Lipinski definition) is 11. The molecule has 20 heteroatoms. The second-order valence-electron chi connectivity index (χ2n) is 5.86. The lowest BCUT2D eigenvalue weighted by atomic mass is 9.97.